The highest BCUT2D eigenvalue weighted by Crippen LogP contribution is 2.16. The fraction of sp³-hybridized carbons (Fsp3) is 0.500. The van der Waals surface area contributed by atoms with Crippen molar-refractivity contribution in [3.8, 4) is 0 Å². The predicted octanol–water partition coefficient (Wildman–Crippen LogP) is 0.841. The highest BCUT2D eigenvalue weighted by molar-refractivity contribution is 7.89. The number of benzene rings is 1. The first-order valence-corrected chi connectivity index (χ1v) is 8.46. The van der Waals surface area contributed by atoms with Crippen LogP contribution >= 0.6 is 12.4 Å². The van der Waals surface area contributed by atoms with Crippen LogP contribution in [0.2, 0.25) is 0 Å². The molecule has 6 nitrogen and oxygen atoms in total. The lowest BCUT2D eigenvalue weighted by Crippen LogP contribution is -2.46. The number of halogens is 1. The van der Waals surface area contributed by atoms with Gasteiger partial charge in [0.1, 0.15) is 0 Å². The number of piperidine rings is 1. The Labute approximate surface area is 137 Å². The number of hydrogen-bond donors (Lipinski definition) is 2. The van der Waals surface area contributed by atoms with Crippen molar-refractivity contribution in [1.82, 2.24) is 14.9 Å². The van der Waals surface area contributed by atoms with E-state index in [-0.39, 0.29) is 23.2 Å². The molecule has 1 aromatic rings. The number of carbonyl (C=O) groups is 1. The van der Waals surface area contributed by atoms with Gasteiger partial charge in [-0.3, -0.25) is 4.79 Å². The van der Waals surface area contributed by atoms with Crippen molar-refractivity contribution in [3.63, 3.8) is 0 Å². The van der Waals surface area contributed by atoms with Crippen molar-refractivity contribution in [2.75, 3.05) is 27.2 Å². The van der Waals surface area contributed by atoms with Gasteiger partial charge in [-0.15, -0.1) is 12.4 Å². The van der Waals surface area contributed by atoms with E-state index in [2.05, 4.69) is 10.0 Å². The largest absolute Gasteiger partial charge is 0.337 e. The van der Waals surface area contributed by atoms with E-state index < -0.39 is 10.0 Å². The number of hydrogen-bond acceptors (Lipinski definition) is 4. The molecule has 0 saturated carbocycles. The lowest BCUT2D eigenvalue weighted by atomic mass is 10.0. The Balaban J connectivity index is 0.00000242. The number of carbonyl (C=O) groups excluding carboxylic acids is 1. The van der Waals surface area contributed by atoms with Crippen LogP contribution in [-0.2, 0) is 10.0 Å². The number of rotatable bonds is 4. The van der Waals surface area contributed by atoms with Gasteiger partial charge in [0, 0.05) is 24.7 Å². The maximum absolute atomic E-state index is 12.4. The average molecular weight is 348 g/mol. The summed E-state index contributed by atoms with van der Waals surface area (Å²) < 4.78 is 25.6. The van der Waals surface area contributed by atoms with Crippen LogP contribution in [0.4, 0.5) is 0 Å². The molecule has 1 aromatic carbocycles. The van der Waals surface area contributed by atoms with Crippen LogP contribution in [0, 0.1) is 0 Å². The molecule has 1 amide bonds. The van der Waals surface area contributed by atoms with E-state index in [9.17, 15) is 13.2 Å². The fourth-order valence-corrected chi connectivity index (χ4v) is 3.20. The Morgan fingerprint density at radius 2 is 1.86 bits per heavy atom. The highest BCUT2D eigenvalue weighted by Gasteiger charge is 2.23. The molecule has 1 saturated heterocycles. The Kier molecular flexibility index (Phi) is 6.80. The zero-order valence-electron chi connectivity index (χ0n) is 12.7. The molecule has 8 heteroatoms. The number of amides is 1. The molecule has 0 spiro atoms. The minimum atomic E-state index is -3.46. The number of sulfonamides is 1. The molecule has 2 N–H and O–H groups in total. The molecule has 1 heterocycles. The molecule has 0 radical (unpaired) electrons. The van der Waals surface area contributed by atoms with E-state index in [1.165, 1.54) is 19.2 Å². The summed E-state index contributed by atoms with van der Waals surface area (Å²) in [6.45, 7) is 1.43. The normalized spacial score (nSPS) is 18.6. The molecule has 1 aliphatic heterocycles. The smallest absolute Gasteiger partial charge is 0.253 e. The number of likely N-dealkylation sites (tertiary alicyclic amines) is 1. The third kappa shape index (κ3) is 4.19. The molecule has 2 rings (SSSR count). The summed E-state index contributed by atoms with van der Waals surface area (Å²) in [5.41, 5.74) is 0.516. The van der Waals surface area contributed by atoms with Gasteiger partial charge < -0.3 is 10.2 Å². The first kappa shape index (κ1) is 18.9. The van der Waals surface area contributed by atoms with Gasteiger partial charge in [-0.05, 0) is 51.2 Å². The van der Waals surface area contributed by atoms with Gasteiger partial charge >= 0.3 is 0 Å². The molecule has 0 aromatic heterocycles. The first-order chi connectivity index (χ1) is 9.97. The maximum Gasteiger partial charge on any atom is 0.253 e. The second kappa shape index (κ2) is 7.92. The summed E-state index contributed by atoms with van der Waals surface area (Å²) in [6.07, 6.45) is 2.04. The van der Waals surface area contributed by atoms with E-state index in [0.717, 1.165) is 19.4 Å². The monoisotopic (exact) mass is 347 g/mol. The summed E-state index contributed by atoms with van der Waals surface area (Å²) in [6, 6.07) is 6.37. The van der Waals surface area contributed by atoms with Crippen molar-refractivity contribution in [3.05, 3.63) is 29.8 Å². The molecule has 1 aliphatic rings. The van der Waals surface area contributed by atoms with E-state index in [0.29, 0.717) is 18.2 Å². The maximum atomic E-state index is 12.4. The molecule has 1 fully saturated rings. The van der Waals surface area contributed by atoms with Crippen molar-refractivity contribution < 1.29 is 13.2 Å². The van der Waals surface area contributed by atoms with Crippen LogP contribution < -0.4 is 10.0 Å². The van der Waals surface area contributed by atoms with Crippen LogP contribution in [0.25, 0.3) is 0 Å². The summed E-state index contributed by atoms with van der Waals surface area (Å²) in [4.78, 5) is 14.4. The standard InChI is InChI=1S/C14H21N3O3S.ClH/c1-15-12-4-3-9-17(10-12)14(18)11-5-7-13(8-6-11)21(19,20)16-2;/h5-8,12,15-16H,3-4,9-10H2,1-2H3;1H. The van der Waals surface area contributed by atoms with Crippen LogP contribution in [-0.4, -0.2) is 52.5 Å². The second-order valence-corrected chi connectivity index (χ2v) is 7.00. The van der Waals surface area contributed by atoms with Crippen LogP contribution in [0.1, 0.15) is 23.2 Å². The lowest BCUT2D eigenvalue weighted by Gasteiger charge is -2.32. The van der Waals surface area contributed by atoms with E-state index in [1.54, 1.807) is 12.1 Å². The van der Waals surface area contributed by atoms with Crippen LogP contribution in [0.15, 0.2) is 29.2 Å². The van der Waals surface area contributed by atoms with Gasteiger partial charge in [-0.1, -0.05) is 0 Å². The summed E-state index contributed by atoms with van der Waals surface area (Å²) >= 11 is 0. The summed E-state index contributed by atoms with van der Waals surface area (Å²) in [5.74, 6) is -0.0524. The van der Waals surface area contributed by atoms with E-state index in [4.69, 9.17) is 0 Å². The van der Waals surface area contributed by atoms with Gasteiger partial charge in [0.05, 0.1) is 4.90 Å². The highest BCUT2D eigenvalue weighted by atomic mass is 35.5. The minimum absolute atomic E-state index is 0. The number of nitrogens with one attached hydrogen (secondary N) is 2. The van der Waals surface area contributed by atoms with Gasteiger partial charge in [0.2, 0.25) is 10.0 Å². The van der Waals surface area contributed by atoms with Gasteiger partial charge in [-0.2, -0.15) is 0 Å². The molecule has 22 heavy (non-hydrogen) atoms. The zero-order chi connectivity index (χ0) is 15.5. The Morgan fingerprint density at radius 1 is 1.23 bits per heavy atom. The Bertz CT molecular complexity index is 604. The molecule has 124 valence electrons. The third-order valence-corrected chi connectivity index (χ3v) is 5.23. The Morgan fingerprint density at radius 3 is 2.41 bits per heavy atom. The van der Waals surface area contributed by atoms with Gasteiger partial charge in [-0.25, -0.2) is 13.1 Å². The zero-order valence-corrected chi connectivity index (χ0v) is 14.3. The van der Waals surface area contributed by atoms with E-state index in [1.807, 2.05) is 11.9 Å². The quantitative estimate of drug-likeness (QED) is 0.846. The number of likely N-dealkylation sites (N-methyl/N-ethyl adjacent to an activating group) is 1. The summed E-state index contributed by atoms with van der Waals surface area (Å²) in [5, 5.41) is 3.20. The fourth-order valence-electron chi connectivity index (χ4n) is 2.47. The Hall–Kier alpha value is -1.15. The first-order valence-electron chi connectivity index (χ1n) is 6.98. The molecule has 0 aliphatic carbocycles. The predicted molar refractivity (Wildman–Crippen MR) is 87.9 cm³/mol. The van der Waals surface area contributed by atoms with Gasteiger partial charge in [0.15, 0.2) is 0 Å². The third-order valence-electron chi connectivity index (χ3n) is 3.80. The molecular weight excluding hydrogens is 326 g/mol. The molecule has 1 unspecified atom stereocenters. The minimum Gasteiger partial charge on any atom is -0.337 e. The van der Waals surface area contributed by atoms with Crippen molar-refractivity contribution in [1.29, 1.82) is 0 Å². The van der Waals surface area contributed by atoms with Gasteiger partial charge in [0.25, 0.3) is 5.91 Å². The van der Waals surface area contributed by atoms with Crippen LogP contribution in [0.3, 0.4) is 0 Å². The molecule has 0 bridgehead atoms. The average Bonchev–Trinajstić information content (AvgIpc) is 2.54. The van der Waals surface area contributed by atoms with Crippen molar-refractivity contribution >= 4 is 28.3 Å². The lowest BCUT2D eigenvalue weighted by molar-refractivity contribution is 0.0698. The SMILES string of the molecule is CNC1CCCN(C(=O)c2ccc(S(=O)(=O)NC)cc2)C1.Cl. The van der Waals surface area contributed by atoms with Crippen LogP contribution in [0.5, 0.6) is 0 Å². The topological polar surface area (TPSA) is 78.5 Å². The molecular formula is C14H22ClN3O3S. The van der Waals surface area contributed by atoms with Crippen molar-refractivity contribution in [2.45, 2.75) is 23.8 Å². The van der Waals surface area contributed by atoms with E-state index >= 15 is 0 Å². The second-order valence-electron chi connectivity index (χ2n) is 5.11. The number of nitrogens with zero attached hydrogens (tertiary/aromatic N) is 1. The molecule has 1 atom stereocenters. The van der Waals surface area contributed by atoms with Crippen molar-refractivity contribution in [2.24, 2.45) is 0 Å². The summed E-state index contributed by atoms with van der Waals surface area (Å²) in [7, 11) is -0.203.